The summed E-state index contributed by atoms with van der Waals surface area (Å²) >= 11 is 3.35. The minimum absolute atomic E-state index is 0.0927. The fraction of sp³-hybridized carbons (Fsp3) is 0.364. The number of amides is 1. The summed E-state index contributed by atoms with van der Waals surface area (Å²) in [5.74, 6) is -0.0927. The van der Waals surface area contributed by atoms with Crippen molar-refractivity contribution in [2.24, 2.45) is 0 Å². The van der Waals surface area contributed by atoms with Crippen LogP contribution in [-0.4, -0.2) is 30.7 Å². The highest BCUT2D eigenvalue weighted by molar-refractivity contribution is 9.10. The lowest BCUT2D eigenvalue weighted by atomic mass is 10.3. The van der Waals surface area contributed by atoms with Crippen LogP contribution in [0.1, 0.15) is 6.42 Å². The molecule has 4 nitrogen and oxygen atoms in total. The van der Waals surface area contributed by atoms with Gasteiger partial charge in [0.2, 0.25) is 5.91 Å². The van der Waals surface area contributed by atoms with E-state index in [4.69, 9.17) is 5.11 Å². The van der Waals surface area contributed by atoms with Gasteiger partial charge < -0.3 is 15.7 Å². The molecule has 0 fully saturated rings. The van der Waals surface area contributed by atoms with E-state index in [0.29, 0.717) is 13.0 Å². The van der Waals surface area contributed by atoms with Crippen LogP contribution in [0.25, 0.3) is 0 Å². The van der Waals surface area contributed by atoms with Crippen LogP contribution >= 0.6 is 15.9 Å². The van der Waals surface area contributed by atoms with Crippen LogP contribution in [-0.2, 0) is 4.79 Å². The summed E-state index contributed by atoms with van der Waals surface area (Å²) in [7, 11) is 0. The third-order valence-electron chi connectivity index (χ3n) is 1.95. The van der Waals surface area contributed by atoms with E-state index in [0.717, 1.165) is 10.2 Å². The summed E-state index contributed by atoms with van der Waals surface area (Å²) in [5.41, 5.74) is 0.761. The largest absolute Gasteiger partial charge is 0.396 e. The van der Waals surface area contributed by atoms with Crippen molar-refractivity contribution in [1.82, 2.24) is 5.32 Å². The number of anilines is 1. The molecule has 0 saturated carbocycles. The van der Waals surface area contributed by atoms with E-state index >= 15 is 0 Å². The molecule has 0 radical (unpaired) electrons. The van der Waals surface area contributed by atoms with Gasteiger partial charge >= 0.3 is 0 Å². The molecular formula is C11H15BrN2O2. The van der Waals surface area contributed by atoms with E-state index in [9.17, 15) is 4.79 Å². The van der Waals surface area contributed by atoms with Crippen LogP contribution in [0.15, 0.2) is 28.7 Å². The van der Waals surface area contributed by atoms with Gasteiger partial charge in [-0.15, -0.1) is 0 Å². The maximum atomic E-state index is 11.5. The third kappa shape index (κ3) is 4.74. The molecule has 0 aliphatic carbocycles. The molecule has 0 spiro atoms. The average Bonchev–Trinajstić information content (AvgIpc) is 2.28. The SMILES string of the molecule is O=C(CNCCCO)Nc1ccccc1Br. The molecule has 0 aromatic heterocycles. The van der Waals surface area contributed by atoms with E-state index in [1.807, 2.05) is 24.3 Å². The lowest BCUT2D eigenvalue weighted by Crippen LogP contribution is -2.29. The Bertz CT molecular complexity index is 345. The maximum absolute atomic E-state index is 11.5. The predicted molar refractivity (Wildman–Crippen MR) is 67.3 cm³/mol. The number of rotatable bonds is 6. The maximum Gasteiger partial charge on any atom is 0.238 e. The number of aliphatic hydroxyl groups is 1. The zero-order valence-electron chi connectivity index (χ0n) is 8.87. The number of halogens is 1. The van der Waals surface area contributed by atoms with E-state index < -0.39 is 0 Å². The van der Waals surface area contributed by atoms with Gasteiger partial charge in [0.05, 0.1) is 12.2 Å². The summed E-state index contributed by atoms with van der Waals surface area (Å²) < 4.78 is 0.860. The van der Waals surface area contributed by atoms with Crippen LogP contribution in [0, 0.1) is 0 Å². The van der Waals surface area contributed by atoms with Gasteiger partial charge in [0.15, 0.2) is 0 Å². The second kappa shape index (κ2) is 7.38. The van der Waals surface area contributed by atoms with Crippen molar-refractivity contribution in [3.63, 3.8) is 0 Å². The fourth-order valence-corrected chi connectivity index (χ4v) is 1.55. The molecule has 1 amide bonds. The van der Waals surface area contributed by atoms with Gasteiger partial charge in [0, 0.05) is 11.1 Å². The van der Waals surface area contributed by atoms with Crippen LogP contribution < -0.4 is 10.6 Å². The van der Waals surface area contributed by atoms with E-state index in [-0.39, 0.29) is 19.1 Å². The number of benzene rings is 1. The summed E-state index contributed by atoms with van der Waals surface area (Å²) in [4.78, 5) is 11.5. The third-order valence-corrected chi connectivity index (χ3v) is 2.64. The monoisotopic (exact) mass is 286 g/mol. The molecule has 0 heterocycles. The highest BCUT2D eigenvalue weighted by atomic mass is 79.9. The number of carbonyl (C=O) groups excluding carboxylic acids is 1. The summed E-state index contributed by atoms with van der Waals surface area (Å²) in [6.07, 6.45) is 0.655. The summed E-state index contributed by atoms with van der Waals surface area (Å²) in [6, 6.07) is 7.45. The molecule has 1 aromatic carbocycles. The Morgan fingerprint density at radius 1 is 1.38 bits per heavy atom. The zero-order chi connectivity index (χ0) is 11.8. The Hall–Kier alpha value is -0.910. The van der Waals surface area contributed by atoms with Gasteiger partial charge in [0.1, 0.15) is 0 Å². The zero-order valence-corrected chi connectivity index (χ0v) is 10.5. The molecule has 0 bridgehead atoms. The Morgan fingerprint density at radius 3 is 2.81 bits per heavy atom. The summed E-state index contributed by atoms with van der Waals surface area (Å²) in [6.45, 7) is 1.03. The predicted octanol–water partition coefficient (Wildman–Crippen LogP) is 1.36. The van der Waals surface area contributed by atoms with Gasteiger partial charge in [-0.25, -0.2) is 0 Å². The van der Waals surface area contributed by atoms with Gasteiger partial charge in [-0.3, -0.25) is 4.79 Å². The number of hydrogen-bond acceptors (Lipinski definition) is 3. The van der Waals surface area contributed by atoms with Gasteiger partial charge in [-0.05, 0) is 41.0 Å². The lowest BCUT2D eigenvalue weighted by molar-refractivity contribution is -0.115. The first-order valence-corrected chi connectivity index (χ1v) is 5.89. The van der Waals surface area contributed by atoms with Gasteiger partial charge in [-0.2, -0.15) is 0 Å². The number of hydrogen-bond donors (Lipinski definition) is 3. The van der Waals surface area contributed by atoms with Crippen LogP contribution in [0.3, 0.4) is 0 Å². The van der Waals surface area contributed by atoms with E-state index in [1.165, 1.54) is 0 Å². The Morgan fingerprint density at radius 2 is 2.12 bits per heavy atom. The van der Waals surface area contributed by atoms with Crippen molar-refractivity contribution in [2.75, 3.05) is 25.0 Å². The quantitative estimate of drug-likeness (QED) is 0.692. The Balaban J connectivity index is 2.32. The molecule has 1 rings (SSSR count). The normalized spacial score (nSPS) is 10.1. The minimum atomic E-state index is -0.0927. The van der Waals surface area contributed by atoms with Crippen LogP contribution in [0.4, 0.5) is 5.69 Å². The molecule has 88 valence electrons. The Kier molecular flexibility index (Phi) is 6.07. The first-order chi connectivity index (χ1) is 7.74. The molecule has 5 heteroatoms. The number of carbonyl (C=O) groups is 1. The molecule has 3 N–H and O–H groups in total. The lowest BCUT2D eigenvalue weighted by Gasteiger charge is -2.07. The standard InChI is InChI=1S/C11H15BrN2O2/c12-9-4-1-2-5-10(9)14-11(16)8-13-6-3-7-15/h1-2,4-5,13,15H,3,6-8H2,(H,14,16). The molecule has 0 atom stereocenters. The second-order valence-corrected chi connectivity index (χ2v) is 4.14. The van der Waals surface area contributed by atoms with Gasteiger partial charge in [0.25, 0.3) is 0 Å². The molecule has 1 aromatic rings. The van der Waals surface area contributed by atoms with Crippen molar-refractivity contribution >= 4 is 27.5 Å². The Labute approximate surface area is 103 Å². The number of aliphatic hydroxyl groups excluding tert-OH is 1. The van der Waals surface area contributed by atoms with Crippen LogP contribution in [0.2, 0.25) is 0 Å². The number of nitrogens with one attached hydrogen (secondary N) is 2. The van der Waals surface area contributed by atoms with E-state index in [1.54, 1.807) is 0 Å². The molecule has 16 heavy (non-hydrogen) atoms. The molecule has 0 unspecified atom stereocenters. The molecule has 0 aliphatic rings. The second-order valence-electron chi connectivity index (χ2n) is 3.28. The number of para-hydroxylation sites is 1. The van der Waals surface area contributed by atoms with Crippen molar-refractivity contribution in [3.05, 3.63) is 28.7 Å². The van der Waals surface area contributed by atoms with Crippen molar-refractivity contribution in [1.29, 1.82) is 0 Å². The molecule has 0 aliphatic heterocycles. The first kappa shape index (κ1) is 13.2. The molecule has 0 saturated heterocycles. The van der Waals surface area contributed by atoms with E-state index in [2.05, 4.69) is 26.6 Å². The minimum Gasteiger partial charge on any atom is -0.396 e. The highest BCUT2D eigenvalue weighted by Crippen LogP contribution is 2.20. The van der Waals surface area contributed by atoms with Crippen molar-refractivity contribution < 1.29 is 9.90 Å². The highest BCUT2D eigenvalue weighted by Gasteiger charge is 2.03. The molecular weight excluding hydrogens is 272 g/mol. The van der Waals surface area contributed by atoms with Crippen molar-refractivity contribution in [3.8, 4) is 0 Å². The van der Waals surface area contributed by atoms with Crippen molar-refractivity contribution in [2.45, 2.75) is 6.42 Å². The van der Waals surface area contributed by atoms with Crippen LogP contribution in [0.5, 0.6) is 0 Å². The first-order valence-electron chi connectivity index (χ1n) is 5.10. The fourth-order valence-electron chi connectivity index (χ4n) is 1.16. The smallest absolute Gasteiger partial charge is 0.238 e. The van der Waals surface area contributed by atoms with Gasteiger partial charge in [-0.1, -0.05) is 12.1 Å². The summed E-state index contributed by atoms with van der Waals surface area (Å²) in [5, 5.41) is 14.3. The average molecular weight is 287 g/mol. The topological polar surface area (TPSA) is 61.4 Å².